The summed E-state index contributed by atoms with van der Waals surface area (Å²) in [6.07, 6.45) is 0.365. The Morgan fingerprint density at radius 2 is 1.69 bits per heavy atom. The van der Waals surface area contributed by atoms with E-state index >= 15 is 0 Å². The van der Waals surface area contributed by atoms with Crippen LogP contribution in [0, 0.1) is 13.8 Å². The molecule has 0 bridgehead atoms. The molecule has 0 aliphatic carbocycles. The average Bonchev–Trinajstić information content (AvgIpc) is 3.01. The fourth-order valence-electron chi connectivity index (χ4n) is 3.08. The monoisotopic (exact) mass is 414 g/mol. The van der Waals surface area contributed by atoms with Crippen molar-refractivity contribution in [3.63, 3.8) is 0 Å². The maximum Gasteiger partial charge on any atom is 0.338 e. The highest BCUT2D eigenvalue weighted by Crippen LogP contribution is 2.27. The molecule has 3 rings (SSSR count). The van der Waals surface area contributed by atoms with Gasteiger partial charge in [0.05, 0.1) is 22.0 Å². The second-order valence-corrected chi connectivity index (χ2v) is 7.14. The molecule has 0 atom stereocenters. The third kappa shape index (κ3) is 4.63. The molecule has 0 spiro atoms. The minimum Gasteiger partial charge on any atom is -0.452 e. The maximum atomic E-state index is 12.2. The van der Waals surface area contributed by atoms with Crippen LogP contribution in [0.25, 0.3) is 0 Å². The highest BCUT2D eigenvalue weighted by molar-refractivity contribution is 6.34. The molecule has 1 saturated heterocycles. The molecule has 1 aliphatic rings. The standard InChI is InChI=1S/C21H19ClN2O5/c1-12-9-13(2)20(16(22)10-12)23-17(25)11-29-21(28)14-3-5-15(6-4-14)24-18(26)7-8-19(24)27/h3-6,9-10H,7-8,11H2,1-2H3,(H,23,25). The number of benzene rings is 2. The zero-order valence-electron chi connectivity index (χ0n) is 16.0. The minimum absolute atomic E-state index is 0.183. The second-order valence-electron chi connectivity index (χ2n) is 6.73. The van der Waals surface area contributed by atoms with Gasteiger partial charge < -0.3 is 10.1 Å². The van der Waals surface area contributed by atoms with Crippen molar-refractivity contribution < 1.29 is 23.9 Å². The van der Waals surface area contributed by atoms with Gasteiger partial charge in [-0.2, -0.15) is 0 Å². The number of carbonyl (C=O) groups is 4. The number of rotatable bonds is 5. The summed E-state index contributed by atoms with van der Waals surface area (Å²) in [6.45, 7) is 3.23. The van der Waals surface area contributed by atoms with Gasteiger partial charge in [0, 0.05) is 12.8 Å². The van der Waals surface area contributed by atoms with Gasteiger partial charge in [0.2, 0.25) is 11.8 Å². The third-order valence-electron chi connectivity index (χ3n) is 4.44. The van der Waals surface area contributed by atoms with Gasteiger partial charge >= 0.3 is 5.97 Å². The van der Waals surface area contributed by atoms with Crippen LogP contribution in [0.4, 0.5) is 11.4 Å². The molecule has 1 heterocycles. The van der Waals surface area contributed by atoms with Crippen LogP contribution in [0.3, 0.4) is 0 Å². The quantitative estimate of drug-likeness (QED) is 0.597. The van der Waals surface area contributed by atoms with Crippen molar-refractivity contribution in [2.45, 2.75) is 26.7 Å². The van der Waals surface area contributed by atoms with Crippen molar-refractivity contribution in [3.8, 4) is 0 Å². The number of hydrogen-bond acceptors (Lipinski definition) is 5. The fourth-order valence-corrected chi connectivity index (χ4v) is 3.44. The smallest absolute Gasteiger partial charge is 0.338 e. The van der Waals surface area contributed by atoms with Gasteiger partial charge in [-0.05, 0) is 55.3 Å². The number of carbonyl (C=O) groups excluding carboxylic acids is 4. The lowest BCUT2D eigenvalue weighted by Crippen LogP contribution is -2.28. The van der Waals surface area contributed by atoms with Crippen molar-refractivity contribution in [1.82, 2.24) is 0 Å². The molecule has 7 nitrogen and oxygen atoms in total. The Bertz CT molecular complexity index is 962. The van der Waals surface area contributed by atoms with E-state index in [0.717, 1.165) is 16.0 Å². The number of amides is 3. The largest absolute Gasteiger partial charge is 0.452 e. The van der Waals surface area contributed by atoms with Gasteiger partial charge in [-0.3, -0.25) is 19.3 Å². The van der Waals surface area contributed by atoms with E-state index in [0.29, 0.717) is 16.4 Å². The van der Waals surface area contributed by atoms with E-state index in [1.54, 1.807) is 6.07 Å². The summed E-state index contributed by atoms with van der Waals surface area (Å²) in [5.74, 6) is -1.76. The zero-order valence-corrected chi connectivity index (χ0v) is 16.7. The van der Waals surface area contributed by atoms with Crippen LogP contribution in [-0.4, -0.2) is 30.3 Å². The SMILES string of the molecule is Cc1cc(C)c(NC(=O)COC(=O)c2ccc(N3C(=O)CCC3=O)cc2)c(Cl)c1. The lowest BCUT2D eigenvalue weighted by molar-refractivity contribution is -0.121. The number of hydrogen-bond donors (Lipinski definition) is 1. The molecule has 0 aromatic heterocycles. The van der Waals surface area contributed by atoms with Gasteiger partial charge in [0.1, 0.15) is 0 Å². The molecule has 8 heteroatoms. The maximum absolute atomic E-state index is 12.2. The number of nitrogens with zero attached hydrogens (tertiary/aromatic N) is 1. The highest BCUT2D eigenvalue weighted by Gasteiger charge is 2.30. The Balaban J connectivity index is 1.59. The number of nitrogens with one attached hydrogen (secondary N) is 1. The van der Waals surface area contributed by atoms with Crippen molar-refractivity contribution in [1.29, 1.82) is 0 Å². The van der Waals surface area contributed by atoms with Gasteiger partial charge in [0.15, 0.2) is 6.61 Å². The van der Waals surface area contributed by atoms with Crippen LogP contribution < -0.4 is 10.2 Å². The molecule has 29 heavy (non-hydrogen) atoms. The molecule has 0 unspecified atom stereocenters. The van der Waals surface area contributed by atoms with E-state index < -0.39 is 18.5 Å². The molecule has 1 fully saturated rings. The van der Waals surface area contributed by atoms with E-state index in [1.807, 2.05) is 19.9 Å². The molecule has 0 radical (unpaired) electrons. The van der Waals surface area contributed by atoms with Crippen LogP contribution in [0.5, 0.6) is 0 Å². The summed E-state index contributed by atoms with van der Waals surface area (Å²) in [4.78, 5) is 48.9. The van der Waals surface area contributed by atoms with E-state index in [2.05, 4.69) is 5.32 Å². The normalized spacial score (nSPS) is 13.6. The first-order valence-electron chi connectivity index (χ1n) is 8.96. The van der Waals surface area contributed by atoms with E-state index in [9.17, 15) is 19.2 Å². The number of anilines is 2. The molecule has 1 N–H and O–H groups in total. The van der Waals surface area contributed by atoms with Gasteiger partial charge in [-0.15, -0.1) is 0 Å². The van der Waals surface area contributed by atoms with Crippen molar-refractivity contribution in [2.75, 3.05) is 16.8 Å². The first kappa shape index (κ1) is 20.5. The number of esters is 1. The van der Waals surface area contributed by atoms with Gasteiger partial charge in [-0.1, -0.05) is 17.7 Å². The van der Waals surface area contributed by atoms with E-state index in [4.69, 9.17) is 16.3 Å². The first-order chi connectivity index (χ1) is 13.8. The topological polar surface area (TPSA) is 92.8 Å². The summed E-state index contributed by atoms with van der Waals surface area (Å²) in [6, 6.07) is 9.48. The molecule has 2 aromatic carbocycles. The molecular formula is C21H19ClN2O5. The zero-order chi connectivity index (χ0) is 21.1. The summed E-state index contributed by atoms with van der Waals surface area (Å²) in [7, 11) is 0. The lowest BCUT2D eigenvalue weighted by Gasteiger charge is -2.14. The summed E-state index contributed by atoms with van der Waals surface area (Å²) in [5, 5.41) is 3.04. The second kappa shape index (κ2) is 8.45. The van der Waals surface area contributed by atoms with Crippen LogP contribution in [0.2, 0.25) is 5.02 Å². The Morgan fingerprint density at radius 1 is 1.07 bits per heavy atom. The van der Waals surface area contributed by atoms with Crippen LogP contribution in [0.15, 0.2) is 36.4 Å². The predicted octanol–water partition coefficient (Wildman–Crippen LogP) is 3.41. The Labute approximate surface area is 172 Å². The summed E-state index contributed by atoms with van der Waals surface area (Å²) in [5.41, 5.74) is 2.85. The van der Waals surface area contributed by atoms with E-state index in [1.165, 1.54) is 24.3 Å². The predicted molar refractivity (Wildman–Crippen MR) is 108 cm³/mol. The van der Waals surface area contributed by atoms with Crippen molar-refractivity contribution in [3.05, 3.63) is 58.1 Å². The number of halogens is 1. The summed E-state index contributed by atoms with van der Waals surface area (Å²) < 4.78 is 5.03. The first-order valence-corrected chi connectivity index (χ1v) is 9.33. The molecule has 150 valence electrons. The fraction of sp³-hybridized carbons (Fsp3) is 0.238. The van der Waals surface area contributed by atoms with Gasteiger partial charge in [-0.25, -0.2) is 4.79 Å². The summed E-state index contributed by atoms with van der Waals surface area (Å²) >= 11 is 6.15. The van der Waals surface area contributed by atoms with Crippen LogP contribution in [-0.2, 0) is 19.1 Å². The van der Waals surface area contributed by atoms with Crippen LogP contribution in [0.1, 0.15) is 34.3 Å². The minimum atomic E-state index is -0.697. The number of aryl methyl sites for hydroxylation is 2. The lowest BCUT2D eigenvalue weighted by atomic mass is 10.1. The molecular weight excluding hydrogens is 396 g/mol. The van der Waals surface area contributed by atoms with Crippen LogP contribution >= 0.6 is 11.6 Å². The molecule has 2 aromatic rings. The molecule has 3 amide bonds. The molecule has 1 aliphatic heterocycles. The van der Waals surface area contributed by atoms with Crippen molar-refractivity contribution >= 4 is 46.7 Å². The van der Waals surface area contributed by atoms with Gasteiger partial charge in [0.25, 0.3) is 5.91 Å². The Hall–Kier alpha value is -3.19. The average molecular weight is 415 g/mol. The molecule has 0 saturated carbocycles. The van der Waals surface area contributed by atoms with Crippen molar-refractivity contribution in [2.24, 2.45) is 0 Å². The van der Waals surface area contributed by atoms with E-state index in [-0.39, 0.29) is 30.2 Å². The Morgan fingerprint density at radius 3 is 2.28 bits per heavy atom. The third-order valence-corrected chi connectivity index (χ3v) is 4.74. The number of imide groups is 1. The number of ether oxygens (including phenoxy) is 1. The Kier molecular flexibility index (Phi) is 5.98. The highest BCUT2D eigenvalue weighted by atomic mass is 35.5.